The topological polar surface area (TPSA) is 83.5 Å². The fourth-order valence-electron chi connectivity index (χ4n) is 3.38. The van der Waals surface area contributed by atoms with Crippen LogP contribution in [-0.4, -0.2) is 38.3 Å². The molecule has 6 heteroatoms. The summed E-state index contributed by atoms with van der Waals surface area (Å²) in [7, 11) is -3.21. The number of aryl methyl sites for hydroxylation is 1. The number of carbonyl (C=O) groups excluding carboxylic acids is 1. The highest BCUT2D eigenvalue weighted by molar-refractivity contribution is 7.90. The molecule has 1 unspecified atom stereocenters. The molecule has 0 spiro atoms. The first-order chi connectivity index (χ1) is 14.8. The molecular weight excluding hydrogens is 410 g/mol. The summed E-state index contributed by atoms with van der Waals surface area (Å²) in [5, 5.41) is 12.6. The van der Waals surface area contributed by atoms with Crippen LogP contribution in [0.15, 0.2) is 83.8 Å². The van der Waals surface area contributed by atoms with Crippen molar-refractivity contribution in [3.05, 3.63) is 90.0 Å². The maximum atomic E-state index is 12.2. The minimum atomic E-state index is -3.21. The number of sulfone groups is 1. The molecule has 0 aliphatic rings. The van der Waals surface area contributed by atoms with Gasteiger partial charge in [0.05, 0.1) is 17.5 Å². The summed E-state index contributed by atoms with van der Waals surface area (Å²) in [6.45, 7) is -0.133. The zero-order valence-electron chi connectivity index (χ0n) is 17.5. The SMILES string of the molecule is CS(=O)(=O)c1ccc(-c2ccc(CC(CO)NC(=O)CCc3ccccc3)cc2)cc1. The van der Waals surface area contributed by atoms with Gasteiger partial charge in [-0.25, -0.2) is 8.42 Å². The first-order valence-electron chi connectivity index (χ1n) is 10.2. The smallest absolute Gasteiger partial charge is 0.220 e. The molecule has 0 aliphatic heterocycles. The van der Waals surface area contributed by atoms with Crippen molar-refractivity contribution in [2.45, 2.75) is 30.2 Å². The summed E-state index contributed by atoms with van der Waals surface area (Å²) < 4.78 is 23.2. The fourth-order valence-corrected chi connectivity index (χ4v) is 4.01. The Morgan fingerprint density at radius 3 is 2.00 bits per heavy atom. The molecule has 3 aromatic rings. The van der Waals surface area contributed by atoms with Gasteiger partial charge < -0.3 is 10.4 Å². The third-order valence-corrected chi connectivity index (χ3v) is 6.25. The molecule has 5 nitrogen and oxygen atoms in total. The zero-order chi connectivity index (χ0) is 22.3. The number of benzene rings is 3. The minimum absolute atomic E-state index is 0.0783. The molecule has 3 rings (SSSR count). The third-order valence-electron chi connectivity index (χ3n) is 5.12. The number of carbonyl (C=O) groups is 1. The molecule has 0 fully saturated rings. The predicted molar refractivity (Wildman–Crippen MR) is 122 cm³/mol. The Balaban J connectivity index is 1.56. The van der Waals surface area contributed by atoms with Gasteiger partial charge in [-0.05, 0) is 47.2 Å². The van der Waals surface area contributed by atoms with Crippen molar-refractivity contribution in [2.24, 2.45) is 0 Å². The summed E-state index contributed by atoms with van der Waals surface area (Å²) in [4.78, 5) is 12.5. The van der Waals surface area contributed by atoms with Gasteiger partial charge in [0.15, 0.2) is 9.84 Å². The van der Waals surface area contributed by atoms with Gasteiger partial charge in [0.2, 0.25) is 5.91 Å². The lowest BCUT2D eigenvalue weighted by Gasteiger charge is -2.17. The second-order valence-electron chi connectivity index (χ2n) is 7.63. The van der Waals surface area contributed by atoms with Crippen LogP contribution < -0.4 is 5.32 Å². The van der Waals surface area contributed by atoms with Crippen LogP contribution in [0.2, 0.25) is 0 Å². The van der Waals surface area contributed by atoms with Gasteiger partial charge in [-0.15, -0.1) is 0 Å². The lowest BCUT2D eigenvalue weighted by atomic mass is 10.0. The molecule has 1 atom stereocenters. The number of amides is 1. The second kappa shape index (κ2) is 10.4. The molecule has 0 saturated carbocycles. The monoisotopic (exact) mass is 437 g/mol. The molecule has 162 valence electrons. The van der Waals surface area contributed by atoms with Gasteiger partial charge in [0.1, 0.15) is 0 Å². The predicted octanol–water partition coefficient (Wildman–Crippen LogP) is 3.41. The lowest BCUT2D eigenvalue weighted by molar-refractivity contribution is -0.122. The van der Waals surface area contributed by atoms with E-state index < -0.39 is 9.84 Å². The summed E-state index contributed by atoms with van der Waals surface area (Å²) in [5.74, 6) is -0.0783. The van der Waals surface area contributed by atoms with Crippen molar-refractivity contribution in [3.63, 3.8) is 0 Å². The zero-order valence-corrected chi connectivity index (χ0v) is 18.3. The van der Waals surface area contributed by atoms with E-state index in [2.05, 4.69) is 5.32 Å². The molecule has 1 amide bonds. The molecule has 0 saturated heterocycles. The van der Waals surface area contributed by atoms with Gasteiger partial charge >= 0.3 is 0 Å². The average molecular weight is 438 g/mol. The van der Waals surface area contributed by atoms with Crippen LogP contribution in [-0.2, 0) is 27.5 Å². The van der Waals surface area contributed by atoms with Crippen molar-refractivity contribution < 1.29 is 18.3 Å². The second-order valence-corrected chi connectivity index (χ2v) is 9.65. The number of rotatable bonds is 9. The normalized spacial score (nSPS) is 12.3. The van der Waals surface area contributed by atoms with Crippen molar-refractivity contribution in [2.75, 3.05) is 12.9 Å². The van der Waals surface area contributed by atoms with Crippen molar-refractivity contribution in [3.8, 4) is 11.1 Å². The highest BCUT2D eigenvalue weighted by atomic mass is 32.2. The van der Waals surface area contributed by atoms with Crippen LogP contribution in [0.5, 0.6) is 0 Å². The Kier molecular flexibility index (Phi) is 7.60. The van der Waals surface area contributed by atoms with Crippen LogP contribution in [0.25, 0.3) is 11.1 Å². The number of hydrogen-bond donors (Lipinski definition) is 2. The largest absolute Gasteiger partial charge is 0.394 e. The Bertz CT molecular complexity index is 1090. The van der Waals surface area contributed by atoms with E-state index in [9.17, 15) is 18.3 Å². The first-order valence-corrected chi connectivity index (χ1v) is 12.1. The Morgan fingerprint density at radius 2 is 1.45 bits per heavy atom. The first kappa shape index (κ1) is 22.7. The summed E-state index contributed by atoms with van der Waals surface area (Å²) in [5.41, 5.74) is 4.00. The number of aliphatic hydroxyl groups excluding tert-OH is 1. The lowest BCUT2D eigenvalue weighted by Crippen LogP contribution is -2.39. The van der Waals surface area contributed by atoms with Crippen LogP contribution in [0.1, 0.15) is 17.5 Å². The molecular formula is C25H27NO4S. The number of nitrogens with one attached hydrogen (secondary N) is 1. The highest BCUT2D eigenvalue weighted by Crippen LogP contribution is 2.22. The van der Waals surface area contributed by atoms with E-state index in [1.807, 2.05) is 54.6 Å². The van der Waals surface area contributed by atoms with Crippen LogP contribution in [0.3, 0.4) is 0 Å². The van der Waals surface area contributed by atoms with E-state index in [-0.39, 0.29) is 18.6 Å². The molecule has 0 heterocycles. The van der Waals surface area contributed by atoms with Gasteiger partial charge in [-0.2, -0.15) is 0 Å². The molecule has 31 heavy (non-hydrogen) atoms. The maximum absolute atomic E-state index is 12.2. The molecule has 0 aliphatic carbocycles. The average Bonchev–Trinajstić information content (AvgIpc) is 2.78. The van der Waals surface area contributed by atoms with Gasteiger partial charge in [-0.1, -0.05) is 66.7 Å². The Labute approximate surface area is 183 Å². The minimum Gasteiger partial charge on any atom is -0.394 e. The Hall–Kier alpha value is -2.96. The summed E-state index contributed by atoms with van der Waals surface area (Å²) in [6, 6.07) is 24.1. The van der Waals surface area contributed by atoms with Gasteiger partial charge in [0, 0.05) is 12.7 Å². The quantitative estimate of drug-likeness (QED) is 0.537. The van der Waals surface area contributed by atoms with E-state index in [0.717, 1.165) is 22.3 Å². The van der Waals surface area contributed by atoms with Crippen molar-refractivity contribution in [1.82, 2.24) is 5.32 Å². The van der Waals surface area contributed by atoms with E-state index >= 15 is 0 Å². The molecule has 3 aromatic carbocycles. The number of hydrogen-bond acceptors (Lipinski definition) is 4. The van der Waals surface area contributed by atoms with Gasteiger partial charge in [-0.3, -0.25) is 4.79 Å². The maximum Gasteiger partial charge on any atom is 0.220 e. The molecule has 0 radical (unpaired) electrons. The van der Waals surface area contributed by atoms with Gasteiger partial charge in [0.25, 0.3) is 0 Å². The van der Waals surface area contributed by atoms with Crippen molar-refractivity contribution >= 4 is 15.7 Å². The summed E-state index contributed by atoms with van der Waals surface area (Å²) >= 11 is 0. The standard InChI is InChI=1S/C25H27NO4S/c1-31(29,30)24-14-12-22(13-15-24)21-10-7-20(8-11-21)17-23(18-27)26-25(28)16-9-19-5-3-2-4-6-19/h2-8,10-15,23,27H,9,16-18H2,1H3,(H,26,28). The van der Waals surface area contributed by atoms with Crippen LogP contribution in [0.4, 0.5) is 0 Å². The summed E-state index contributed by atoms with van der Waals surface area (Å²) in [6.07, 6.45) is 2.76. The van der Waals surface area contributed by atoms with E-state index in [1.54, 1.807) is 24.3 Å². The van der Waals surface area contributed by atoms with E-state index in [1.165, 1.54) is 6.26 Å². The van der Waals surface area contributed by atoms with E-state index in [4.69, 9.17) is 0 Å². The van der Waals surface area contributed by atoms with Crippen molar-refractivity contribution in [1.29, 1.82) is 0 Å². The Morgan fingerprint density at radius 1 is 0.871 bits per heavy atom. The molecule has 0 aromatic heterocycles. The van der Waals surface area contributed by atoms with E-state index in [0.29, 0.717) is 24.2 Å². The highest BCUT2D eigenvalue weighted by Gasteiger charge is 2.13. The fraction of sp³-hybridized carbons (Fsp3) is 0.240. The number of aliphatic hydroxyl groups is 1. The van der Waals surface area contributed by atoms with Crippen LogP contribution >= 0.6 is 0 Å². The third kappa shape index (κ3) is 6.77. The molecule has 2 N–H and O–H groups in total. The molecule has 0 bridgehead atoms. The van der Waals surface area contributed by atoms with Crippen LogP contribution in [0, 0.1) is 0 Å².